The van der Waals surface area contributed by atoms with Gasteiger partial charge in [0.25, 0.3) is 5.91 Å². The first-order valence-corrected chi connectivity index (χ1v) is 6.19. The first-order chi connectivity index (χ1) is 9.84. The van der Waals surface area contributed by atoms with Gasteiger partial charge in [-0.05, 0) is 29.0 Å². The summed E-state index contributed by atoms with van der Waals surface area (Å²) in [6, 6.07) is 16.9. The molecule has 2 aromatic carbocycles. The number of benzene rings is 2. The highest BCUT2D eigenvalue weighted by molar-refractivity contribution is 6.07. The maximum absolute atomic E-state index is 12.1. The second-order valence-electron chi connectivity index (χ2n) is 4.24. The standard InChI is InChI=1S/C16H12N2O2/c19-16(18-17-11-13-7-4-10-20-13)15-9-3-6-12-5-1-2-8-14(12)15/h1-11H,(H,18,19). The first-order valence-electron chi connectivity index (χ1n) is 6.19. The van der Waals surface area contributed by atoms with Crippen molar-refractivity contribution in [3.05, 3.63) is 72.2 Å². The van der Waals surface area contributed by atoms with E-state index < -0.39 is 0 Å². The van der Waals surface area contributed by atoms with Gasteiger partial charge in [0, 0.05) is 5.56 Å². The van der Waals surface area contributed by atoms with Crippen molar-refractivity contribution in [1.29, 1.82) is 0 Å². The number of nitrogens with one attached hydrogen (secondary N) is 1. The molecule has 3 aromatic rings. The van der Waals surface area contributed by atoms with Crippen LogP contribution >= 0.6 is 0 Å². The molecule has 4 heteroatoms. The Morgan fingerprint density at radius 1 is 1.05 bits per heavy atom. The summed E-state index contributed by atoms with van der Waals surface area (Å²) >= 11 is 0. The highest BCUT2D eigenvalue weighted by Gasteiger charge is 2.08. The average molecular weight is 264 g/mol. The number of carbonyl (C=O) groups excluding carboxylic acids is 1. The van der Waals surface area contributed by atoms with Crippen molar-refractivity contribution < 1.29 is 9.21 Å². The van der Waals surface area contributed by atoms with Gasteiger partial charge in [-0.1, -0.05) is 36.4 Å². The molecule has 4 nitrogen and oxygen atoms in total. The molecule has 3 rings (SSSR count). The molecule has 0 aliphatic heterocycles. The van der Waals surface area contributed by atoms with Crippen LogP contribution in [-0.4, -0.2) is 12.1 Å². The molecule has 0 aliphatic carbocycles. The SMILES string of the molecule is O=C(NN=Cc1ccco1)c1cccc2ccccc12. The zero-order valence-electron chi connectivity index (χ0n) is 10.6. The van der Waals surface area contributed by atoms with Crippen LogP contribution in [0.2, 0.25) is 0 Å². The number of rotatable bonds is 3. The minimum absolute atomic E-state index is 0.246. The summed E-state index contributed by atoms with van der Waals surface area (Å²) in [7, 11) is 0. The fourth-order valence-electron chi connectivity index (χ4n) is 2.00. The largest absolute Gasteiger partial charge is 0.463 e. The van der Waals surface area contributed by atoms with Crippen molar-refractivity contribution in [2.45, 2.75) is 0 Å². The summed E-state index contributed by atoms with van der Waals surface area (Å²) in [6.45, 7) is 0. The summed E-state index contributed by atoms with van der Waals surface area (Å²) in [4.78, 5) is 12.1. The highest BCUT2D eigenvalue weighted by atomic mass is 16.3. The van der Waals surface area contributed by atoms with Crippen molar-refractivity contribution in [2.24, 2.45) is 5.10 Å². The maximum atomic E-state index is 12.1. The van der Waals surface area contributed by atoms with Crippen LogP contribution in [0.1, 0.15) is 16.1 Å². The maximum Gasteiger partial charge on any atom is 0.271 e. The highest BCUT2D eigenvalue weighted by Crippen LogP contribution is 2.18. The molecule has 1 heterocycles. The molecule has 0 aliphatic rings. The monoisotopic (exact) mass is 264 g/mol. The zero-order valence-corrected chi connectivity index (χ0v) is 10.6. The van der Waals surface area contributed by atoms with Gasteiger partial charge in [-0.3, -0.25) is 4.79 Å². The van der Waals surface area contributed by atoms with Gasteiger partial charge in [-0.2, -0.15) is 5.10 Å². The number of carbonyl (C=O) groups is 1. The van der Waals surface area contributed by atoms with Gasteiger partial charge in [0.05, 0.1) is 12.5 Å². The van der Waals surface area contributed by atoms with Gasteiger partial charge < -0.3 is 4.42 Å². The van der Waals surface area contributed by atoms with Crippen molar-refractivity contribution in [3.8, 4) is 0 Å². The second-order valence-corrected chi connectivity index (χ2v) is 4.24. The van der Waals surface area contributed by atoms with Crippen LogP contribution in [0, 0.1) is 0 Å². The molecule has 0 unspecified atom stereocenters. The van der Waals surface area contributed by atoms with Crippen LogP contribution in [-0.2, 0) is 0 Å². The van der Waals surface area contributed by atoms with Crippen molar-refractivity contribution in [3.63, 3.8) is 0 Å². The number of hydrogen-bond donors (Lipinski definition) is 1. The fraction of sp³-hybridized carbons (Fsp3) is 0. The number of nitrogens with zero attached hydrogens (tertiary/aromatic N) is 1. The Kier molecular flexibility index (Phi) is 3.29. The lowest BCUT2D eigenvalue weighted by molar-refractivity contribution is 0.0957. The summed E-state index contributed by atoms with van der Waals surface area (Å²) < 4.78 is 5.09. The Morgan fingerprint density at radius 2 is 1.90 bits per heavy atom. The lowest BCUT2D eigenvalue weighted by Gasteiger charge is -2.04. The summed E-state index contributed by atoms with van der Waals surface area (Å²) in [6.07, 6.45) is 3.01. The van der Waals surface area contributed by atoms with E-state index in [9.17, 15) is 4.79 Å². The van der Waals surface area contributed by atoms with E-state index in [1.54, 1.807) is 24.5 Å². The molecule has 0 radical (unpaired) electrons. The van der Waals surface area contributed by atoms with E-state index in [1.165, 1.54) is 6.21 Å². The number of fused-ring (bicyclic) bond motifs is 1. The molecular formula is C16H12N2O2. The van der Waals surface area contributed by atoms with E-state index in [2.05, 4.69) is 10.5 Å². The molecule has 1 N–H and O–H groups in total. The summed E-state index contributed by atoms with van der Waals surface area (Å²) in [5, 5.41) is 5.81. The van der Waals surface area contributed by atoms with Gasteiger partial charge in [-0.25, -0.2) is 5.43 Å². The molecule has 0 atom stereocenters. The normalized spacial score (nSPS) is 11.0. The Hall–Kier alpha value is -2.88. The third-order valence-electron chi connectivity index (χ3n) is 2.94. The lowest BCUT2D eigenvalue weighted by atomic mass is 10.0. The third kappa shape index (κ3) is 2.44. The molecule has 0 spiro atoms. The molecule has 20 heavy (non-hydrogen) atoms. The topological polar surface area (TPSA) is 54.6 Å². The summed E-state index contributed by atoms with van der Waals surface area (Å²) in [5.74, 6) is 0.341. The van der Waals surface area contributed by atoms with Crippen molar-refractivity contribution in [2.75, 3.05) is 0 Å². The molecule has 1 aromatic heterocycles. The average Bonchev–Trinajstić information content (AvgIpc) is 3.00. The van der Waals surface area contributed by atoms with Crippen LogP contribution in [0.5, 0.6) is 0 Å². The number of amides is 1. The summed E-state index contributed by atoms with van der Waals surface area (Å²) in [5.41, 5.74) is 3.10. The minimum atomic E-state index is -0.246. The van der Waals surface area contributed by atoms with Gasteiger partial charge in [-0.15, -0.1) is 0 Å². The van der Waals surface area contributed by atoms with Crippen LogP contribution in [0.4, 0.5) is 0 Å². The quantitative estimate of drug-likeness (QED) is 0.583. The Labute approximate surface area is 115 Å². The van der Waals surface area contributed by atoms with E-state index in [-0.39, 0.29) is 5.91 Å². The second kappa shape index (κ2) is 5.40. The number of hydrazone groups is 1. The molecule has 0 fully saturated rings. The third-order valence-corrected chi connectivity index (χ3v) is 2.94. The minimum Gasteiger partial charge on any atom is -0.463 e. The van der Waals surface area contributed by atoms with Gasteiger partial charge in [0.15, 0.2) is 0 Å². The Bertz CT molecular complexity index is 756. The van der Waals surface area contributed by atoms with Crippen molar-refractivity contribution in [1.82, 2.24) is 5.43 Å². The van der Waals surface area contributed by atoms with Crippen LogP contribution in [0.15, 0.2) is 70.4 Å². The Morgan fingerprint density at radius 3 is 2.75 bits per heavy atom. The molecule has 0 saturated carbocycles. The Balaban J connectivity index is 1.82. The van der Waals surface area contributed by atoms with E-state index in [0.717, 1.165) is 10.8 Å². The smallest absolute Gasteiger partial charge is 0.271 e. The molecular weight excluding hydrogens is 252 g/mol. The van der Waals surface area contributed by atoms with E-state index in [4.69, 9.17) is 4.42 Å². The predicted molar refractivity (Wildman–Crippen MR) is 77.7 cm³/mol. The first kappa shape index (κ1) is 12.2. The van der Waals surface area contributed by atoms with Crippen LogP contribution in [0.3, 0.4) is 0 Å². The molecule has 0 saturated heterocycles. The van der Waals surface area contributed by atoms with E-state index >= 15 is 0 Å². The molecule has 1 amide bonds. The van der Waals surface area contributed by atoms with Crippen LogP contribution in [0.25, 0.3) is 10.8 Å². The van der Waals surface area contributed by atoms with E-state index in [1.807, 2.05) is 36.4 Å². The van der Waals surface area contributed by atoms with Crippen LogP contribution < -0.4 is 5.43 Å². The van der Waals surface area contributed by atoms with Gasteiger partial charge in [0.1, 0.15) is 5.76 Å². The predicted octanol–water partition coefficient (Wildman–Crippen LogP) is 3.20. The number of furan rings is 1. The van der Waals surface area contributed by atoms with Gasteiger partial charge in [0.2, 0.25) is 0 Å². The fourth-order valence-corrected chi connectivity index (χ4v) is 2.00. The zero-order chi connectivity index (χ0) is 13.8. The van der Waals surface area contributed by atoms with E-state index in [0.29, 0.717) is 11.3 Å². The molecule has 98 valence electrons. The van der Waals surface area contributed by atoms with Crippen molar-refractivity contribution >= 4 is 22.9 Å². The lowest BCUT2D eigenvalue weighted by Crippen LogP contribution is -2.17. The van der Waals surface area contributed by atoms with Gasteiger partial charge >= 0.3 is 0 Å². The number of hydrogen-bond acceptors (Lipinski definition) is 3. The molecule has 0 bridgehead atoms.